The normalized spacial score (nSPS) is 16.8. The van der Waals surface area contributed by atoms with Crippen LogP contribution >= 0.6 is 15.9 Å². The summed E-state index contributed by atoms with van der Waals surface area (Å²) in [4.78, 5) is 15.6. The van der Waals surface area contributed by atoms with Crippen molar-refractivity contribution >= 4 is 32.9 Å². The van der Waals surface area contributed by atoms with Gasteiger partial charge in [0.2, 0.25) is 0 Å². The molecule has 0 spiro atoms. The van der Waals surface area contributed by atoms with Crippen molar-refractivity contribution in [2.45, 2.75) is 18.3 Å². The minimum absolute atomic E-state index is 0.422. The van der Waals surface area contributed by atoms with Crippen molar-refractivity contribution in [1.82, 2.24) is 19.5 Å². The van der Waals surface area contributed by atoms with E-state index in [0.717, 1.165) is 53.2 Å². The topological polar surface area (TPSA) is 70.6 Å². The first-order valence-electron chi connectivity index (χ1n) is 8.19. The van der Waals surface area contributed by atoms with E-state index in [9.17, 15) is 5.26 Å². The molecule has 0 unspecified atom stereocenters. The Morgan fingerprint density at radius 1 is 1.16 bits per heavy atom. The zero-order chi connectivity index (χ0) is 17.4. The molecule has 0 atom stereocenters. The zero-order valence-corrected chi connectivity index (χ0v) is 15.4. The van der Waals surface area contributed by atoms with E-state index in [4.69, 9.17) is 0 Å². The molecule has 1 saturated heterocycles. The van der Waals surface area contributed by atoms with Crippen LogP contribution in [0.25, 0.3) is 11.2 Å². The molecule has 0 radical (unpaired) electrons. The molecule has 1 aromatic carbocycles. The van der Waals surface area contributed by atoms with Gasteiger partial charge in [0.05, 0.1) is 11.5 Å². The van der Waals surface area contributed by atoms with Gasteiger partial charge in [0.25, 0.3) is 0 Å². The van der Waals surface area contributed by atoms with E-state index in [1.807, 2.05) is 29.8 Å². The molecule has 0 saturated carbocycles. The number of aromatic nitrogens is 4. The highest BCUT2D eigenvalue weighted by atomic mass is 79.9. The van der Waals surface area contributed by atoms with Gasteiger partial charge in [0, 0.05) is 20.1 Å². The molecule has 2 aromatic heterocycles. The third-order valence-electron chi connectivity index (χ3n) is 5.04. The summed E-state index contributed by atoms with van der Waals surface area (Å²) in [5, 5.41) is 9.85. The maximum atomic E-state index is 9.85. The van der Waals surface area contributed by atoms with Crippen LogP contribution in [0.15, 0.2) is 41.4 Å². The fourth-order valence-corrected chi connectivity index (χ4v) is 3.86. The molecule has 0 amide bonds. The number of imidazole rings is 1. The Bertz CT molecular complexity index is 951. The molecule has 1 aliphatic heterocycles. The first kappa shape index (κ1) is 16.0. The first-order valence-corrected chi connectivity index (χ1v) is 8.98. The second-order valence-corrected chi connectivity index (χ2v) is 7.07. The number of nitriles is 1. The SMILES string of the molecule is Cn1c(Br)nc2c(N3CCC(C#N)(c4ccccc4)CC3)ncnc21. The summed E-state index contributed by atoms with van der Waals surface area (Å²) < 4.78 is 2.63. The van der Waals surface area contributed by atoms with Gasteiger partial charge in [-0.2, -0.15) is 5.26 Å². The average Bonchev–Trinajstić information content (AvgIpc) is 2.97. The molecule has 4 rings (SSSR count). The van der Waals surface area contributed by atoms with Crippen LogP contribution in [-0.4, -0.2) is 32.6 Å². The Labute approximate surface area is 154 Å². The van der Waals surface area contributed by atoms with Gasteiger partial charge < -0.3 is 9.47 Å². The van der Waals surface area contributed by atoms with Gasteiger partial charge in [-0.3, -0.25) is 0 Å². The summed E-state index contributed by atoms with van der Waals surface area (Å²) in [5.41, 5.74) is 2.28. The van der Waals surface area contributed by atoms with Crippen LogP contribution in [0.1, 0.15) is 18.4 Å². The van der Waals surface area contributed by atoms with Crippen LogP contribution in [0.5, 0.6) is 0 Å². The predicted molar refractivity (Wildman–Crippen MR) is 99.2 cm³/mol. The van der Waals surface area contributed by atoms with Crippen molar-refractivity contribution in [2.24, 2.45) is 7.05 Å². The van der Waals surface area contributed by atoms with Crippen molar-refractivity contribution < 1.29 is 0 Å². The second-order valence-electron chi connectivity index (χ2n) is 6.36. The lowest BCUT2D eigenvalue weighted by Gasteiger charge is -2.38. The molecule has 3 heterocycles. The summed E-state index contributed by atoms with van der Waals surface area (Å²) in [6.07, 6.45) is 3.12. The summed E-state index contributed by atoms with van der Waals surface area (Å²) >= 11 is 3.45. The van der Waals surface area contributed by atoms with E-state index in [0.29, 0.717) is 0 Å². The summed E-state index contributed by atoms with van der Waals surface area (Å²) in [6, 6.07) is 12.7. The molecule has 0 bridgehead atoms. The van der Waals surface area contributed by atoms with Gasteiger partial charge in [0.15, 0.2) is 21.7 Å². The van der Waals surface area contributed by atoms with Crippen molar-refractivity contribution in [2.75, 3.05) is 18.0 Å². The van der Waals surface area contributed by atoms with Crippen LogP contribution in [0.4, 0.5) is 5.82 Å². The van der Waals surface area contributed by atoms with Crippen LogP contribution in [0.3, 0.4) is 0 Å². The molecule has 3 aromatic rings. The maximum absolute atomic E-state index is 9.85. The fourth-order valence-electron chi connectivity index (χ4n) is 3.51. The number of aryl methyl sites for hydroxylation is 1. The summed E-state index contributed by atoms with van der Waals surface area (Å²) in [7, 11) is 1.92. The zero-order valence-electron chi connectivity index (χ0n) is 13.9. The lowest BCUT2D eigenvalue weighted by molar-refractivity contribution is 0.414. The van der Waals surface area contributed by atoms with Gasteiger partial charge in [-0.1, -0.05) is 30.3 Å². The van der Waals surface area contributed by atoms with Crippen molar-refractivity contribution in [3.05, 3.63) is 47.0 Å². The number of benzene rings is 1. The number of piperidine rings is 1. The quantitative estimate of drug-likeness (QED) is 0.622. The second kappa shape index (κ2) is 6.12. The highest BCUT2D eigenvalue weighted by Gasteiger charge is 2.37. The van der Waals surface area contributed by atoms with Gasteiger partial charge in [-0.05, 0) is 34.3 Å². The minimum Gasteiger partial charge on any atom is -0.355 e. The molecule has 1 fully saturated rings. The lowest BCUT2D eigenvalue weighted by atomic mass is 9.74. The monoisotopic (exact) mass is 396 g/mol. The molecule has 7 heteroatoms. The standard InChI is InChI=1S/C18H17BrN6/c1-24-15-14(23-17(24)19)16(22-12-21-15)25-9-7-18(11-20,8-10-25)13-5-3-2-4-6-13/h2-6,12H,7-10H2,1H3. The Morgan fingerprint density at radius 2 is 1.88 bits per heavy atom. The largest absolute Gasteiger partial charge is 0.355 e. The van der Waals surface area contributed by atoms with E-state index in [1.54, 1.807) is 6.33 Å². The molecule has 126 valence electrons. The average molecular weight is 397 g/mol. The summed E-state index contributed by atoms with van der Waals surface area (Å²) in [6.45, 7) is 1.53. The molecule has 1 aliphatic rings. The molecular weight excluding hydrogens is 380 g/mol. The van der Waals surface area contributed by atoms with Crippen LogP contribution < -0.4 is 4.90 Å². The molecular formula is C18H17BrN6. The van der Waals surface area contributed by atoms with Crippen LogP contribution in [0, 0.1) is 11.3 Å². The van der Waals surface area contributed by atoms with E-state index in [1.165, 1.54) is 0 Å². The van der Waals surface area contributed by atoms with E-state index >= 15 is 0 Å². The van der Waals surface area contributed by atoms with Gasteiger partial charge >= 0.3 is 0 Å². The Kier molecular flexibility index (Phi) is 3.92. The number of hydrogen-bond donors (Lipinski definition) is 0. The number of fused-ring (bicyclic) bond motifs is 1. The third-order valence-corrected chi connectivity index (χ3v) is 5.75. The Balaban J connectivity index is 1.65. The van der Waals surface area contributed by atoms with E-state index < -0.39 is 5.41 Å². The third kappa shape index (κ3) is 2.57. The van der Waals surface area contributed by atoms with Crippen LogP contribution in [0.2, 0.25) is 0 Å². The fraction of sp³-hybridized carbons (Fsp3) is 0.333. The Morgan fingerprint density at radius 3 is 2.56 bits per heavy atom. The molecule has 25 heavy (non-hydrogen) atoms. The predicted octanol–water partition coefficient (Wildman–Crippen LogP) is 3.19. The number of rotatable bonds is 2. The van der Waals surface area contributed by atoms with Crippen molar-refractivity contribution in [1.29, 1.82) is 5.26 Å². The lowest BCUT2D eigenvalue weighted by Crippen LogP contribution is -2.42. The van der Waals surface area contributed by atoms with Gasteiger partial charge in [-0.15, -0.1) is 0 Å². The van der Waals surface area contributed by atoms with E-state index in [2.05, 4.69) is 54.0 Å². The number of nitrogens with zero attached hydrogens (tertiary/aromatic N) is 6. The molecule has 0 aliphatic carbocycles. The van der Waals surface area contributed by atoms with Crippen molar-refractivity contribution in [3.63, 3.8) is 0 Å². The molecule has 6 nitrogen and oxygen atoms in total. The highest BCUT2D eigenvalue weighted by Crippen LogP contribution is 2.37. The first-order chi connectivity index (χ1) is 12.1. The van der Waals surface area contributed by atoms with Crippen LogP contribution in [-0.2, 0) is 12.5 Å². The maximum Gasteiger partial charge on any atom is 0.179 e. The molecule has 0 N–H and O–H groups in total. The number of hydrogen-bond acceptors (Lipinski definition) is 5. The summed E-state index contributed by atoms with van der Waals surface area (Å²) in [5.74, 6) is 0.839. The number of anilines is 1. The Hall–Kier alpha value is -2.46. The number of halogens is 1. The minimum atomic E-state index is -0.422. The van der Waals surface area contributed by atoms with E-state index in [-0.39, 0.29) is 0 Å². The van der Waals surface area contributed by atoms with Gasteiger partial charge in [-0.25, -0.2) is 15.0 Å². The van der Waals surface area contributed by atoms with Gasteiger partial charge in [0.1, 0.15) is 6.33 Å². The highest BCUT2D eigenvalue weighted by molar-refractivity contribution is 9.10. The smallest absolute Gasteiger partial charge is 0.179 e. The van der Waals surface area contributed by atoms with Crippen molar-refractivity contribution in [3.8, 4) is 6.07 Å².